The predicted octanol–water partition coefficient (Wildman–Crippen LogP) is 3.45. The van der Waals surface area contributed by atoms with Gasteiger partial charge in [-0.25, -0.2) is 0 Å². The summed E-state index contributed by atoms with van der Waals surface area (Å²) in [6, 6.07) is 8.89. The zero-order valence-electron chi connectivity index (χ0n) is 17.1. The molecule has 0 saturated heterocycles. The lowest BCUT2D eigenvalue weighted by molar-refractivity contribution is -0.114. The number of amides is 1. The number of phenols is 1. The highest BCUT2D eigenvalue weighted by molar-refractivity contribution is 7.86. The number of hydrogen-bond donors (Lipinski definition) is 5. The van der Waals surface area contributed by atoms with Gasteiger partial charge in [-0.05, 0) is 47.9 Å². The van der Waals surface area contributed by atoms with Gasteiger partial charge in [-0.2, -0.15) is 16.8 Å². The molecule has 0 radical (unpaired) electrons. The van der Waals surface area contributed by atoms with Gasteiger partial charge in [0.15, 0.2) is 5.75 Å². The topological polar surface area (TPSA) is 195 Å². The Morgan fingerprint density at radius 2 is 1.52 bits per heavy atom. The highest BCUT2D eigenvalue weighted by atomic mass is 32.2. The zero-order chi connectivity index (χ0) is 24.6. The fourth-order valence-electron chi connectivity index (χ4n) is 3.00. The van der Waals surface area contributed by atoms with E-state index in [1.165, 1.54) is 25.1 Å². The molecular formula is C19H18N4O8S2. The Hall–Kier alpha value is -3.59. The van der Waals surface area contributed by atoms with Crippen molar-refractivity contribution in [3.05, 3.63) is 42.5 Å². The maximum atomic E-state index is 12.0. The molecular weight excluding hydrogens is 476 g/mol. The van der Waals surface area contributed by atoms with Crippen LogP contribution < -0.4 is 10.6 Å². The second-order valence-corrected chi connectivity index (χ2v) is 9.55. The third-order valence-electron chi connectivity index (χ3n) is 4.43. The van der Waals surface area contributed by atoms with E-state index in [9.17, 15) is 35.8 Å². The molecule has 0 aliphatic carbocycles. The van der Waals surface area contributed by atoms with Crippen molar-refractivity contribution in [3.63, 3.8) is 0 Å². The highest BCUT2D eigenvalue weighted by Crippen LogP contribution is 2.42. The van der Waals surface area contributed by atoms with Crippen LogP contribution in [0.4, 0.5) is 22.7 Å². The Bertz CT molecular complexity index is 1520. The van der Waals surface area contributed by atoms with E-state index < -0.39 is 53.1 Å². The van der Waals surface area contributed by atoms with Crippen LogP contribution >= 0.6 is 0 Å². The third-order valence-corrected chi connectivity index (χ3v) is 6.20. The number of fused-ring (bicyclic) bond motifs is 1. The van der Waals surface area contributed by atoms with Gasteiger partial charge in [0.05, 0.1) is 0 Å². The summed E-state index contributed by atoms with van der Waals surface area (Å²) < 4.78 is 66.5. The predicted molar refractivity (Wildman–Crippen MR) is 120 cm³/mol. The van der Waals surface area contributed by atoms with Crippen molar-refractivity contribution in [1.29, 1.82) is 0 Å². The SMILES string of the molecule is CNc1ccc2c(O)c(N=Nc3cc(NC(C)=O)ccc3S(=O)(=O)O)c(S(=O)(=O)O)cc2c1. The van der Waals surface area contributed by atoms with Gasteiger partial charge >= 0.3 is 0 Å². The van der Waals surface area contributed by atoms with E-state index in [1.807, 2.05) is 0 Å². The molecule has 1 amide bonds. The van der Waals surface area contributed by atoms with Crippen LogP contribution in [-0.4, -0.2) is 44.0 Å². The summed E-state index contributed by atoms with van der Waals surface area (Å²) in [5.74, 6) is -1.11. The third kappa shape index (κ3) is 5.25. The summed E-state index contributed by atoms with van der Waals surface area (Å²) in [5, 5.41) is 23.7. The Morgan fingerprint density at radius 3 is 2.09 bits per heavy atom. The fraction of sp³-hybridized carbons (Fsp3) is 0.105. The minimum Gasteiger partial charge on any atom is -0.505 e. The fourth-order valence-corrected chi connectivity index (χ4v) is 4.26. The average molecular weight is 495 g/mol. The maximum absolute atomic E-state index is 12.0. The highest BCUT2D eigenvalue weighted by Gasteiger charge is 2.23. The Morgan fingerprint density at radius 1 is 0.879 bits per heavy atom. The van der Waals surface area contributed by atoms with Gasteiger partial charge in [-0.15, -0.1) is 10.2 Å². The number of hydrogen-bond acceptors (Lipinski definition) is 9. The maximum Gasteiger partial charge on any atom is 0.296 e. The Balaban J connectivity index is 2.27. The van der Waals surface area contributed by atoms with Gasteiger partial charge in [-0.3, -0.25) is 13.9 Å². The van der Waals surface area contributed by atoms with Crippen molar-refractivity contribution in [2.45, 2.75) is 16.7 Å². The van der Waals surface area contributed by atoms with Gasteiger partial charge in [0.25, 0.3) is 20.2 Å². The van der Waals surface area contributed by atoms with Gasteiger partial charge in [0, 0.05) is 30.7 Å². The Labute approximate surface area is 188 Å². The number of rotatable bonds is 6. The summed E-state index contributed by atoms with van der Waals surface area (Å²) in [5.41, 5.74) is -0.408. The molecule has 0 bridgehead atoms. The van der Waals surface area contributed by atoms with E-state index in [4.69, 9.17) is 0 Å². The molecule has 14 heteroatoms. The number of nitrogens with zero attached hydrogens (tertiary/aromatic N) is 2. The lowest BCUT2D eigenvalue weighted by Gasteiger charge is -2.10. The average Bonchev–Trinajstić information content (AvgIpc) is 2.70. The molecule has 3 aromatic rings. The molecule has 174 valence electrons. The second kappa shape index (κ2) is 8.74. The normalized spacial score (nSPS) is 12.2. The monoisotopic (exact) mass is 494 g/mol. The minimum absolute atomic E-state index is 0.112. The molecule has 0 atom stereocenters. The van der Waals surface area contributed by atoms with Gasteiger partial charge in [0.1, 0.15) is 21.2 Å². The molecule has 3 aromatic carbocycles. The van der Waals surface area contributed by atoms with E-state index >= 15 is 0 Å². The minimum atomic E-state index is -4.89. The largest absolute Gasteiger partial charge is 0.505 e. The van der Waals surface area contributed by atoms with Gasteiger partial charge in [0.2, 0.25) is 5.91 Å². The van der Waals surface area contributed by atoms with Crippen LogP contribution in [0.25, 0.3) is 10.8 Å². The molecule has 12 nitrogen and oxygen atoms in total. The second-order valence-electron chi connectivity index (χ2n) is 6.77. The van der Waals surface area contributed by atoms with Crippen molar-refractivity contribution < 1.29 is 35.8 Å². The molecule has 0 unspecified atom stereocenters. The number of anilines is 2. The first-order valence-electron chi connectivity index (χ1n) is 9.07. The van der Waals surface area contributed by atoms with Crippen LogP contribution in [-0.2, 0) is 25.0 Å². The number of azo groups is 1. The number of carbonyl (C=O) groups excluding carboxylic acids is 1. The molecule has 5 N–H and O–H groups in total. The van der Waals surface area contributed by atoms with Crippen LogP contribution in [0.3, 0.4) is 0 Å². The molecule has 0 aliphatic rings. The standard InChI is InChI=1S/C19H18N4O8S2/c1-10(24)21-13-4-6-16(32(26,27)28)15(9-13)22-23-18-17(33(29,30)31)8-11-7-12(20-2)3-5-14(11)19(18)25/h3-9,20,25H,1-2H3,(H,21,24)(H,26,27,28)(H,29,30,31). The quantitative estimate of drug-likeness (QED) is 0.252. The summed E-state index contributed by atoms with van der Waals surface area (Å²) >= 11 is 0. The summed E-state index contributed by atoms with van der Waals surface area (Å²) in [6.45, 7) is 1.21. The molecule has 33 heavy (non-hydrogen) atoms. The molecule has 3 rings (SSSR count). The first-order valence-corrected chi connectivity index (χ1v) is 11.9. The van der Waals surface area contributed by atoms with Crippen molar-refractivity contribution in [2.75, 3.05) is 17.7 Å². The van der Waals surface area contributed by atoms with Crippen molar-refractivity contribution in [1.82, 2.24) is 0 Å². The number of benzene rings is 3. The van der Waals surface area contributed by atoms with Crippen LogP contribution in [0.15, 0.2) is 62.5 Å². The van der Waals surface area contributed by atoms with Crippen molar-refractivity contribution >= 4 is 59.7 Å². The number of phenolic OH excluding ortho intramolecular Hbond substituents is 1. The van der Waals surface area contributed by atoms with Gasteiger partial charge < -0.3 is 15.7 Å². The summed E-state index contributed by atoms with van der Waals surface area (Å²) in [4.78, 5) is 9.82. The van der Waals surface area contributed by atoms with Crippen LogP contribution in [0.2, 0.25) is 0 Å². The zero-order valence-corrected chi connectivity index (χ0v) is 18.8. The molecule has 0 heterocycles. The van der Waals surface area contributed by atoms with Crippen molar-refractivity contribution in [3.8, 4) is 5.75 Å². The molecule has 0 saturated carbocycles. The molecule has 0 aromatic heterocycles. The molecule has 0 aliphatic heterocycles. The lowest BCUT2D eigenvalue weighted by atomic mass is 10.1. The Kier molecular flexibility index (Phi) is 6.37. The number of aromatic hydroxyl groups is 1. The summed E-state index contributed by atoms with van der Waals surface area (Å²) in [7, 11) is -8.04. The summed E-state index contributed by atoms with van der Waals surface area (Å²) in [6.07, 6.45) is 0. The molecule has 0 fully saturated rings. The van der Waals surface area contributed by atoms with E-state index in [2.05, 4.69) is 20.9 Å². The van der Waals surface area contributed by atoms with E-state index in [0.29, 0.717) is 5.69 Å². The van der Waals surface area contributed by atoms with E-state index in [0.717, 1.165) is 18.2 Å². The number of nitrogens with one attached hydrogen (secondary N) is 2. The van der Waals surface area contributed by atoms with E-state index in [1.54, 1.807) is 13.1 Å². The van der Waals surface area contributed by atoms with E-state index in [-0.39, 0.29) is 16.5 Å². The van der Waals surface area contributed by atoms with Crippen LogP contribution in [0.5, 0.6) is 5.75 Å². The van der Waals surface area contributed by atoms with Crippen LogP contribution in [0.1, 0.15) is 6.92 Å². The lowest BCUT2D eigenvalue weighted by Crippen LogP contribution is -2.06. The van der Waals surface area contributed by atoms with Crippen molar-refractivity contribution in [2.24, 2.45) is 10.2 Å². The first kappa shape index (κ1) is 24.1. The first-order chi connectivity index (χ1) is 15.3. The number of carbonyl (C=O) groups is 1. The van der Waals surface area contributed by atoms with Gasteiger partial charge in [-0.1, -0.05) is 0 Å². The van der Waals surface area contributed by atoms with Crippen LogP contribution in [0, 0.1) is 0 Å². The molecule has 0 spiro atoms. The smallest absolute Gasteiger partial charge is 0.296 e.